The van der Waals surface area contributed by atoms with Gasteiger partial charge in [0, 0.05) is 53.5 Å². The summed E-state index contributed by atoms with van der Waals surface area (Å²) in [6, 6.07) is 11.9. The Morgan fingerprint density at radius 3 is 2.56 bits per heavy atom. The highest BCUT2D eigenvalue weighted by Crippen LogP contribution is 2.38. The van der Waals surface area contributed by atoms with E-state index >= 15 is 0 Å². The maximum Gasteiger partial charge on any atom is 0.319 e. The van der Waals surface area contributed by atoms with Gasteiger partial charge in [0.15, 0.2) is 0 Å². The van der Waals surface area contributed by atoms with Crippen molar-refractivity contribution < 1.29 is 9.53 Å². The fraction of sp³-hybridized carbons (Fsp3) is 0.385. The molecular formula is C26H28BrCl2N5O2. The summed E-state index contributed by atoms with van der Waals surface area (Å²) in [6.45, 7) is 1.82. The number of nitrogens with zero attached hydrogens (tertiary/aromatic N) is 3. The Morgan fingerprint density at radius 1 is 1.14 bits per heavy atom. The van der Waals surface area contributed by atoms with Crippen molar-refractivity contribution in [1.29, 1.82) is 0 Å². The zero-order valence-electron chi connectivity index (χ0n) is 19.9. The lowest BCUT2D eigenvalue weighted by Gasteiger charge is -2.22. The molecule has 0 aliphatic carbocycles. The zero-order chi connectivity index (χ0) is 25.2. The molecule has 2 aliphatic rings. The molecule has 0 radical (unpaired) electrons. The van der Waals surface area contributed by atoms with Gasteiger partial charge in [-0.1, -0.05) is 29.3 Å². The highest BCUT2D eigenvalue weighted by atomic mass is 79.9. The lowest BCUT2D eigenvalue weighted by molar-refractivity contribution is 0.194. The number of aryl methyl sites for hydroxylation is 1. The SMILES string of the molecule is Cn1ncc(Br)c1-c1cc(NC(=O)NCc2ccc(Cl)cc2Cl)ccc1OCCN1C2CCC1CC2. The van der Waals surface area contributed by atoms with Crippen LogP contribution in [0.1, 0.15) is 31.2 Å². The molecule has 3 heterocycles. The summed E-state index contributed by atoms with van der Waals surface area (Å²) in [5, 5.41) is 11.2. The first kappa shape index (κ1) is 25.4. The molecule has 2 amide bonds. The first-order chi connectivity index (χ1) is 17.4. The van der Waals surface area contributed by atoms with Crippen LogP contribution >= 0.6 is 39.1 Å². The summed E-state index contributed by atoms with van der Waals surface area (Å²) in [5.41, 5.74) is 3.15. The molecule has 0 atom stereocenters. The quantitative estimate of drug-likeness (QED) is 0.314. The number of halogens is 3. The van der Waals surface area contributed by atoms with Gasteiger partial charge in [-0.2, -0.15) is 5.10 Å². The van der Waals surface area contributed by atoms with Crippen molar-refractivity contribution in [3.05, 3.63) is 62.7 Å². The summed E-state index contributed by atoms with van der Waals surface area (Å²) >= 11 is 15.8. The second-order valence-electron chi connectivity index (χ2n) is 9.27. The minimum atomic E-state index is -0.339. The molecule has 0 spiro atoms. The van der Waals surface area contributed by atoms with Crippen LogP contribution in [0.15, 0.2) is 47.1 Å². The second-order valence-corrected chi connectivity index (χ2v) is 11.0. The lowest BCUT2D eigenvalue weighted by Crippen LogP contribution is -2.32. The summed E-state index contributed by atoms with van der Waals surface area (Å²) in [6.07, 6.45) is 6.99. The maximum atomic E-state index is 12.6. The van der Waals surface area contributed by atoms with Gasteiger partial charge in [-0.25, -0.2) is 4.79 Å². The molecule has 0 saturated carbocycles. The van der Waals surface area contributed by atoms with E-state index in [9.17, 15) is 4.79 Å². The molecule has 10 heteroatoms. The predicted octanol–water partition coefficient (Wildman–Crippen LogP) is 6.48. The largest absolute Gasteiger partial charge is 0.492 e. The Hall–Kier alpha value is -2.26. The van der Waals surface area contributed by atoms with Crippen LogP contribution in [0.5, 0.6) is 5.75 Å². The van der Waals surface area contributed by atoms with E-state index in [1.807, 2.05) is 25.2 Å². The molecule has 36 heavy (non-hydrogen) atoms. The third-order valence-electron chi connectivity index (χ3n) is 7.05. The van der Waals surface area contributed by atoms with Crippen LogP contribution < -0.4 is 15.4 Å². The van der Waals surface area contributed by atoms with E-state index in [2.05, 4.69) is 36.6 Å². The average molecular weight is 593 g/mol. The van der Waals surface area contributed by atoms with E-state index in [0.29, 0.717) is 22.3 Å². The molecule has 2 bridgehead atoms. The number of rotatable bonds is 8. The number of urea groups is 1. The smallest absolute Gasteiger partial charge is 0.319 e. The molecule has 2 saturated heterocycles. The highest BCUT2D eigenvalue weighted by molar-refractivity contribution is 9.10. The topological polar surface area (TPSA) is 71.4 Å². The van der Waals surface area contributed by atoms with Crippen LogP contribution in [0.2, 0.25) is 10.0 Å². The minimum Gasteiger partial charge on any atom is -0.492 e. The molecule has 190 valence electrons. The normalized spacial score (nSPS) is 19.0. The van der Waals surface area contributed by atoms with Crippen LogP contribution in [-0.2, 0) is 13.6 Å². The third-order valence-corrected chi connectivity index (χ3v) is 8.22. The number of hydrogen-bond donors (Lipinski definition) is 2. The van der Waals surface area contributed by atoms with E-state index in [-0.39, 0.29) is 12.6 Å². The second kappa shape index (κ2) is 11.0. The van der Waals surface area contributed by atoms with Crippen molar-refractivity contribution in [2.75, 3.05) is 18.5 Å². The first-order valence-corrected chi connectivity index (χ1v) is 13.6. The minimum absolute atomic E-state index is 0.279. The molecule has 2 fully saturated rings. The summed E-state index contributed by atoms with van der Waals surface area (Å²) in [5.74, 6) is 0.754. The lowest BCUT2D eigenvalue weighted by atomic mass is 10.0. The maximum absolute atomic E-state index is 12.6. The number of anilines is 1. The van der Waals surface area contributed by atoms with E-state index in [4.69, 9.17) is 27.9 Å². The fourth-order valence-corrected chi connectivity index (χ4v) is 6.33. The van der Waals surface area contributed by atoms with E-state index in [0.717, 1.165) is 45.7 Å². The first-order valence-electron chi connectivity index (χ1n) is 12.1. The van der Waals surface area contributed by atoms with E-state index in [1.165, 1.54) is 25.7 Å². The number of ether oxygens (including phenoxy) is 1. The number of nitrogens with one attached hydrogen (secondary N) is 2. The van der Waals surface area contributed by atoms with Crippen LogP contribution in [0.25, 0.3) is 11.3 Å². The van der Waals surface area contributed by atoms with Gasteiger partial charge < -0.3 is 15.4 Å². The average Bonchev–Trinajstić information content (AvgIpc) is 3.53. The number of carbonyl (C=O) groups is 1. The van der Waals surface area contributed by atoms with E-state index < -0.39 is 0 Å². The number of fused-ring (bicyclic) bond motifs is 2. The van der Waals surface area contributed by atoms with Crippen molar-refractivity contribution >= 4 is 50.9 Å². The fourth-order valence-electron chi connectivity index (χ4n) is 5.29. The van der Waals surface area contributed by atoms with Crippen molar-refractivity contribution in [3.8, 4) is 17.0 Å². The summed E-state index contributed by atoms with van der Waals surface area (Å²) < 4.78 is 8.93. The number of carbonyl (C=O) groups excluding carboxylic acids is 1. The van der Waals surface area contributed by atoms with E-state index in [1.54, 1.807) is 29.1 Å². The number of hydrogen-bond acceptors (Lipinski definition) is 4. The Balaban J connectivity index is 1.28. The molecule has 0 unspecified atom stereocenters. The molecule has 1 aromatic heterocycles. The van der Waals surface area contributed by atoms with Gasteiger partial charge in [-0.3, -0.25) is 9.58 Å². The highest BCUT2D eigenvalue weighted by Gasteiger charge is 2.38. The third kappa shape index (κ3) is 5.52. The van der Waals surface area contributed by atoms with Gasteiger partial charge in [0.2, 0.25) is 0 Å². The Morgan fingerprint density at radius 2 is 1.89 bits per heavy atom. The standard InChI is InChI=1S/C26H28BrCl2N5O2/c1-33-25(22(27)15-31-33)21-13-18(32-26(35)30-14-16-2-3-17(28)12-23(16)29)4-9-24(21)36-11-10-34-19-5-6-20(34)8-7-19/h2-4,9,12-13,15,19-20H,5-8,10-11,14H2,1H3,(H2,30,32,35). The zero-order valence-corrected chi connectivity index (χ0v) is 23.0. The molecule has 5 rings (SSSR count). The van der Waals surface area contributed by atoms with Gasteiger partial charge in [0.05, 0.1) is 16.4 Å². The molecule has 2 aromatic carbocycles. The monoisotopic (exact) mass is 591 g/mol. The Labute approximate surface area is 229 Å². The number of aromatic nitrogens is 2. The van der Waals surface area contributed by atoms with Crippen molar-refractivity contribution in [2.45, 2.75) is 44.3 Å². The van der Waals surface area contributed by atoms with Gasteiger partial charge in [-0.05, 0) is 77.5 Å². The summed E-state index contributed by atoms with van der Waals surface area (Å²) in [7, 11) is 1.88. The van der Waals surface area contributed by atoms with Crippen LogP contribution in [0.4, 0.5) is 10.5 Å². The van der Waals surface area contributed by atoms with Crippen LogP contribution in [-0.4, -0.2) is 45.9 Å². The molecule has 7 nitrogen and oxygen atoms in total. The predicted molar refractivity (Wildman–Crippen MR) is 147 cm³/mol. The van der Waals surface area contributed by atoms with Crippen molar-refractivity contribution in [1.82, 2.24) is 20.0 Å². The van der Waals surface area contributed by atoms with Crippen molar-refractivity contribution in [3.63, 3.8) is 0 Å². The molecule has 3 aromatic rings. The Bertz CT molecular complexity index is 1230. The van der Waals surface area contributed by atoms with Crippen LogP contribution in [0.3, 0.4) is 0 Å². The van der Waals surface area contributed by atoms with Crippen LogP contribution in [0, 0.1) is 0 Å². The number of benzene rings is 2. The van der Waals surface area contributed by atoms with Gasteiger partial charge in [0.1, 0.15) is 12.4 Å². The van der Waals surface area contributed by atoms with Crippen molar-refractivity contribution in [2.24, 2.45) is 7.05 Å². The summed E-state index contributed by atoms with van der Waals surface area (Å²) in [4.78, 5) is 15.2. The Kier molecular flexibility index (Phi) is 7.76. The van der Waals surface area contributed by atoms with Gasteiger partial charge >= 0.3 is 6.03 Å². The molecular weight excluding hydrogens is 565 g/mol. The molecule has 2 N–H and O–H groups in total. The number of amides is 2. The molecule has 2 aliphatic heterocycles. The van der Waals surface area contributed by atoms with Gasteiger partial charge in [0.25, 0.3) is 0 Å². The van der Waals surface area contributed by atoms with Gasteiger partial charge in [-0.15, -0.1) is 0 Å².